The quantitative estimate of drug-likeness (QED) is 0.924. The van der Waals surface area contributed by atoms with E-state index in [0.29, 0.717) is 5.15 Å². The van der Waals surface area contributed by atoms with Crippen LogP contribution in [0.15, 0.2) is 24.3 Å². The number of nitrogens with zero attached hydrogens (tertiary/aromatic N) is 2. The number of nitrogens with one attached hydrogen (secondary N) is 1. The number of benzene rings is 1. The normalized spacial score (nSPS) is 11.8. The highest BCUT2D eigenvalue weighted by atomic mass is 35.5. The zero-order valence-electron chi connectivity index (χ0n) is 10.7. The lowest BCUT2D eigenvalue weighted by Gasteiger charge is -2.22. The third-order valence-electron chi connectivity index (χ3n) is 2.88. The van der Waals surface area contributed by atoms with Crippen LogP contribution in [0.2, 0.25) is 5.15 Å². The SMILES string of the molecule is CSC(C)(C)CNc1nnc(Cl)c2ccccc12. The summed E-state index contributed by atoms with van der Waals surface area (Å²) in [6.07, 6.45) is 2.10. The summed E-state index contributed by atoms with van der Waals surface area (Å²) in [4.78, 5) is 0. The number of aromatic nitrogens is 2. The maximum absolute atomic E-state index is 6.04. The molecule has 0 aliphatic rings. The van der Waals surface area contributed by atoms with E-state index in [1.54, 1.807) is 0 Å². The summed E-state index contributed by atoms with van der Waals surface area (Å²) in [5.74, 6) is 0.789. The Kier molecular flexibility index (Phi) is 3.97. The molecule has 0 saturated heterocycles. The molecule has 1 heterocycles. The van der Waals surface area contributed by atoms with Crippen LogP contribution in [0.1, 0.15) is 13.8 Å². The number of hydrogen-bond acceptors (Lipinski definition) is 4. The lowest BCUT2D eigenvalue weighted by molar-refractivity contribution is 0.749. The average molecular weight is 282 g/mol. The summed E-state index contributed by atoms with van der Waals surface area (Å²) >= 11 is 7.86. The number of fused-ring (bicyclic) bond motifs is 1. The van der Waals surface area contributed by atoms with Gasteiger partial charge in [0, 0.05) is 22.1 Å². The van der Waals surface area contributed by atoms with Crippen LogP contribution in [0.5, 0.6) is 0 Å². The van der Waals surface area contributed by atoms with Crippen LogP contribution in [-0.2, 0) is 0 Å². The minimum atomic E-state index is 0.155. The molecule has 0 amide bonds. The number of halogens is 1. The van der Waals surface area contributed by atoms with Gasteiger partial charge < -0.3 is 5.32 Å². The van der Waals surface area contributed by atoms with E-state index in [9.17, 15) is 0 Å². The summed E-state index contributed by atoms with van der Waals surface area (Å²) in [6, 6.07) is 7.89. The molecule has 1 N–H and O–H groups in total. The van der Waals surface area contributed by atoms with Gasteiger partial charge in [-0.25, -0.2) is 0 Å². The monoisotopic (exact) mass is 281 g/mol. The predicted molar refractivity (Wildman–Crippen MR) is 80.6 cm³/mol. The van der Waals surface area contributed by atoms with Crippen molar-refractivity contribution < 1.29 is 0 Å². The fraction of sp³-hybridized carbons (Fsp3) is 0.385. The second-order valence-corrected chi connectivity index (χ2v) is 6.57. The Hall–Kier alpha value is -1.00. The van der Waals surface area contributed by atoms with Crippen LogP contribution in [-0.4, -0.2) is 27.7 Å². The summed E-state index contributed by atoms with van der Waals surface area (Å²) in [6.45, 7) is 5.21. The second kappa shape index (κ2) is 5.33. The first-order chi connectivity index (χ1) is 8.53. The molecule has 0 unspecified atom stereocenters. The van der Waals surface area contributed by atoms with Crippen molar-refractivity contribution in [3.63, 3.8) is 0 Å². The van der Waals surface area contributed by atoms with E-state index in [2.05, 4.69) is 35.6 Å². The van der Waals surface area contributed by atoms with Crippen LogP contribution in [0.4, 0.5) is 5.82 Å². The molecule has 0 aliphatic heterocycles. The maximum Gasteiger partial charge on any atom is 0.159 e. The van der Waals surface area contributed by atoms with E-state index in [-0.39, 0.29) is 4.75 Å². The lowest BCUT2D eigenvalue weighted by Crippen LogP contribution is -2.26. The van der Waals surface area contributed by atoms with E-state index >= 15 is 0 Å². The van der Waals surface area contributed by atoms with Gasteiger partial charge >= 0.3 is 0 Å². The van der Waals surface area contributed by atoms with Gasteiger partial charge in [-0.05, 0) is 20.1 Å². The van der Waals surface area contributed by atoms with Crippen LogP contribution >= 0.6 is 23.4 Å². The standard InChI is InChI=1S/C13H16ClN3S/c1-13(2,18-3)8-15-12-10-7-5-4-6-9(10)11(14)16-17-12/h4-7H,8H2,1-3H3,(H,15,17). The molecule has 5 heteroatoms. The number of rotatable bonds is 4. The number of thioether (sulfide) groups is 1. The molecular formula is C13H16ClN3S. The largest absolute Gasteiger partial charge is 0.367 e. The highest BCUT2D eigenvalue weighted by Crippen LogP contribution is 2.27. The van der Waals surface area contributed by atoms with Gasteiger partial charge in [0.05, 0.1) is 0 Å². The van der Waals surface area contributed by atoms with Crippen LogP contribution in [0.3, 0.4) is 0 Å². The van der Waals surface area contributed by atoms with Gasteiger partial charge in [-0.1, -0.05) is 35.9 Å². The number of hydrogen-bond donors (Lipinski definition) is 1. The summed E-state index contributed by atoms with van der Waals surface area (Å²) < 4.78 is 0.155. The van der Waals surface area contributed by atoms with Crippen LogP contribution < -0.4 is 5.32 Å². The van der Waals surface area contributed by atoms with Gasteiger partial charge in [0.15, 0.2) is 11.0 Å². The van der Waals surface area contributed by atoms with Crippen molar-refractivity contribution in [2.24, 2.45) is 0 Å². The molecular weight excluding hydrogens is 266 g/mol. The summed E-state index contributed by atoms with van der Waals surface area (Å²) in [5.41, 5.74) is 0. The molecule has 1 aromatic carbocycles. The van der Waals surface area contributed by atoms with Gasteiger partial charge in [-0.2, -0.15) is 11.8 Å². The van der Waals surface area contributed by atoms with Crippen molar-refractivity contribution in [3.05, 3.63) is 29.4 Å². The van der Waals surface area contributed by atoms with E-state index in [0.717, 1.165) is 23.1 Å². The Balaban J connectivity index is 2.32. The minimum absolute atomic E-state index is 0.155. The zero-order chi connectivity index (χ0) is 13.2. The Morgan fingerprint density at radius 1 is 1.22 bits per heavy atom. The first kappa shape index (κ1) is 13.4. The predicted octanol–water partition coefficient (Wildman–Crippen LogP) is 3.84. The fourth-order valence-corrected chi connectivity index (χ4v) is 1.99. The van der Waals surface area contributed by atoms with Gasteiger partial charge in [0.25, 0.3) is 0 Å². The fourth-order valence-electron chi connectivity index (χ4n) is 1.57. The van der Waals surface area contributed by atoms with E-state index < -0.39 is 0 Å². The Labute approximate surface area is 116 Å². The van der Waals surface area contributed by atoms with Gasteiger partial charge in [-0.15, -0.1) is 10.2 Å². The molecule has 96 valence electrons. The molecule has 0 spiro atoms. The molecule has 0 aliphatic carbocycles. The average Bonchev–Trinajstić information content (AvgIpc) is 2.38. The van der Waals surface area contributed by atoms with Crippen molar-refractivity contribution in [2.75, 3.05) is 18.1 Å². The van der Waals surface area contributed by atoms with Crippen molar-refractivity contribution >= 4 is 40.0 Å². The van der Waals surface area contributed by atoms with Crippen molar-refractivity contribution in [2.45, 2.75) is 18.6 Å². The zero-order valence-corrected chi connectivity index (χ0v) is 12.3. The Morgan fingerprint density at radius 3 is 2.56 bits per heavy atom. The lowest BCUT2D eigenvalue weighted by atomic mass is 10.1. The molecule has 0 atom stereocenters. The third-order valence-corrected chi connectivity index (χ3v) is 4.41. The minimum Gasteiger partial charge on any atom is -0.367 e. The first-order valence-corrected chi connectivity index (χ1v) is 7.34. The molecule has 2 aromatic rings. The van der Waals surface area contributed by atoms with Gasteiger partial charge in [0.2, 0.25) is 0 Å². The molecule has 1 aromatic heterocycles. The van der Waals surface area contributed by atoms with E-state index in [1.807, 2.05) is 36.0 Å². The topological polar surface area (TPSA) is 37.8 Å². The smallest absolute Gasteiger partial charge is 0.159 e. The third kappa shape index (κ3) is 2.87. The van der Waals surface area contributed by atoms with Crippen LogP contribution in [0, 0.1) is 0 Å². The molecule has 0 bridgehead atoms. The van der Waals surface area contributed by atoms with E-state index in [1.165, 1.54) is 0 Å². The maximum atomic E-state index is 6.04. The Morgan fingerprint density at radius 2 is 1.89 bits per heavy atom. The summed E-state index contributed by atoms with van der Waals surface area (Å²) in [7, 11) is 0. The van der Waals surface area contributed by atoms with Crippen LogP contribution in [0.25, 0.3) is 10.8 Å². The van der Waals surface area contributed by atoms with Crippen molar-refractivity contribution in [1.82, 2.24) is 10.2 Å². The highest BCUT2D eigenvalue weighted by molar-refractivity contribution is 7.99. The molecule has 0 saturated carbocycles. The van der Waals surface area contributed by atoms with Crippen molar-refractivity contribution in [1.29, 1.82) is 0 Å². The molecule has 3 nitrogen and oxygen atoms in total. The first-order valence-electron chi connectivity index (χ1n) is 5.73. The number of anilines is 1. The molecule has 2 rings (SSSR count). The molecule has 18 heavy (non-hydrogen) atoms. The summed E-state index contributed by atoms with van der Waals surface area (Å²) in [5, 5.41) is 13.9. The molecule has 0 radical (unpaired) electrons. The second-order valence-electron chi connectivity index (χ2n) is 4.70. The molecule has 0 fully saturated rings. The Bertz CT molecular complexity index is 557. The highest BCUT2D eigenvalue weighted by Gasteiger charge is 2.16. The van der Waals surface area contributed by atoms with Crippen molar-refractivity contribution in [3.8, 4) is 0 Å². The van der Waals surface area contributed by atoms with Gasteiger partial charge in [-0.3, -0.25) is 0 Å². The van der Waals surface area contributed by atoms with Gasteiger partial charge in [0.1, 0.15) is 0 Å². The van der Waals surface area contributed by atoms with E-state index in [4.69, 9.17) is 11.6 Å².